The second-order valence-corrected chi connectivity index (χ2v) is 10.6. The van der Waals surface area contributed by atoms with Crippen molar-refractivity contribution in [1.82, 2.24) is 20.9 Å². The number of alkyl carbamates (subject to hydrolysis) is 1. The van der Waals surface area contributed by atoms with Gasteiger partial charge in [0.1, 0.15) is 23.8 Å². The van der Waals surface area contributed by atoms with E-state index < -0.39 is 29.6 Å². The van der Waals surface area contributed by atoms with Crippen LogP contribution in [0.3, 0.4) is 0 Å². The summed E-state index contributed by atoms with van der Waals surface area (Å²) < 4.78 is 18.7. The minimum Gasteiger partial charge on any atom is -0.444 e. The van der Waals surface area contributed by atoms with Crippen molar-refractivity contribution in [2.24, 2.45) is 0 Å². The first-order valence-corrected chi connectivity index (χ1v) is 13.5. The maximum atomic E-state index is 13.6. The number of anilines is 1. The Morgan fingerprint density at radius 1 is 1.05 bits per heavy atom. The molecule has 0 aliphatic heterocycles. The number of nitriles is 1. The van der Waals surface area contributed by atoms with E-state index in [1.165, 1.54) is 12.1 Å². The smallest absolute Gasteiger partial charge is 0.408 e. The molecule has 4 N–H and O–H groups in total. The van der Waals surface area contributed by atoms with Crippen molar-refractivity contribution >= 4 is 23.7 Å². The summed E-state index contributed by atoms with van der Waals surface area (Å²) in [6.45, 7) is 7.08. The number of aromatic nitrogens is 1. The first-order chi connectivity index (χ1) is 19.9. The second-order valence-electron chi connectivity index (χ2n) is 10.6. The van der Waals surface area contributed by atoms with Crippen molar-refractivity contribution < 1.29 is 23.5 Å². The van der Waals surface area contributed by atoms with E-state index >= 15 is 0 Å². The van der Waals surface area contributed by atoms with Gasteiger partial charge in [-0.05, 0) is 70.0 Å². The van der Waals surface area contributed by atoms with E-state index in [2.05, 4.69) is 32.3 Å². The van der Waals surface area contributed by atoms with Crippen LogP contribution in [0.4, 0.5) is 15.0 Å². The Morgan fingerprint density at radius 2 is 1.81 bits per heavy atom. The van der Waals surface area contributed by atoms with Gasteiger partial charge in [-0.1, -0.05) is 30.3 Å². The fourth-order valence-electron chi connectivity index (χ4n) is 3.93. The van der Waals surface area contributed by atoms with Gasteiger partial charge < -0.3 is 26.0 Å². The Morgan fingerprint density at radius 3 is 2.52 bits per heavy atom. The third-order valence-electron chi connectivity index (χ3n) is 5.83. The first-order valence-electron chi connectivity index (χ1n) is 13.5. The molecule has 0 saturated heterocycles. The molecule has 0 saturated carbocycles. The number of hydrogen-bond acceptors (Lipinski definition) is 7. The zero-order valence-corrected chi connectivity index (χ0v) is 24.1. The SMILES string of the molecule is C[C@H](CNC(=O)c1ccc(-c2ccccc2C#N)nc1NCCc1cccc(F)c1)NC(=O)CNC(=O)OC(C)(C)C. The highest BCUT2D eigenvalue weighted by Crippen LogP contribution is 2.25. The molecule has 2 aromatic carbocycles. The highest BCUT2D eigenvalue weighted by molar-refractivity contribution is 5.99. The highest BCUT2D eigenvalue weighted by atomic mass is 19.1. The molecule has 1 atom stereocenters. The van der Waals surface area contributed by atoms with Gasteiger partial charge in [0, 0.05) is 24.7 Å². The average Bonchev–Trinajstić information content (AvgIpc) is 2.94. The topological polar surface area (TPSA) is 145 Å². The van der Waals surface area contributed by atoms with Crippen molar-refractivity contribution in [3.05, 3.63) is 83.2 Å². The van der Waals surface area contributed by atoms with Gasteiger partial charge in [-0.15, -0.1) is 0 Å². The molecule has 0 aliphatic rings. The molecule has 0 radical (unpaired) electrons. The third-order valence-corrected chi connectivity index (χ3v) is 5.83. The number of benzene rings is 2. The van der Waals surface area contributed by atoms with E-state index in [0.29, 0.717) is 35.6 Å². The summed E-state index contributed by atoms with van der Waals surface area (Å²) in [6, 6.07) is 18.3. The number of amides is 3. The lowest BCUT2D eigenvalue weighted by Crippen LogP contribution is -2.46. The molecule has 1 aromatic heterocycles. The van der Waals surface area contributed by atoms with Crippen molar-refractivity contribution in [3.8, 4) is 17.3 Å². The number of ether oxygens (including phenoxy) is 1. The number of nitrogens with zero attached hydrogens (tertiary/aromatic N) is 2. The molecule has 220 valence electrons. The predicted octanol–water partition coefficient (Wildman–Crippen LogP) is 4.17. The number of nitrogens with one attached hydrogen (secondary N) is 4. The molecular formula is C31H35FN6O4. The molecule has 0 spiro atoms. The summed E-state index contributed by atoms with van der Waals surface area (Å²) >= 11 is 0. The summed E-state index contributed by atoms with van der Waals surface area (Å²) in [7, 11) is 0. The molecule has 10 nitrogen and oxygen atoms in total. The molecule has 11 heteroatoms. The minimum atomic E-state index is -0.704. The lowest BCUT2D eigenvalue weighted by Gasteiger charge is -2.20. The first kappa shape index (κ1) is 31.5. The summed E-state index contributed by atoms with van der Waals surface area (Å²) in [5.41, 5.74) is 1.94. The van der Waals surface area contributed by atoms with E-state index in [4.69, 9.17) is 4.74 Å². The van der Waals surface area contributed by atoms with E-state index in [1.807, 2.05) is 6.07 Å². The molecule has 0 bridgehead atoms. The van der Waals surface area contributed by atoms with Crippen molar-refractivity contribution in [2.45, 2.75) is 45.8 Å². The standard InChI is InChI=1S/C31H35FN6O4/c1-20(37-27(39)19-36-30(41)42-31(2,3)4)18-35-29(40)25-12-13-26(24-11-6-5-9-22(24)17-33)38-28(25)34-15-14-21-8-7-10-23(32)16-21/h5-13,16,20H,14-15,18-19H2,1-4H3,(H,34,38)(H,35,40)(H,36,41)(H,37,39)/t20-/m1/s1. The van der Waals surface area contributed by atoms with Crippen LogP contribution in [0.2, 0.25) is 0 Å². The Hall–Kier alpha value is -4.98. The van der Waals surface area contributed by atoms with E-state index in [9.17, 15) is 24.0 Å². The lowest BCUT2D eigenvalue weighted by molar-refractivity contribution is -0.120. The zero-order valence-electron chi connectivity index (χ0n) is 24.1. The van der Waals surface area contributed by atoms with Crippen LogP contribution in [-0.2, 0) is 16.0 Å². The number of hydrogen-bond donors (Lipinski definition) is 4. The zero-order chi connectivity index (χ0) is 30.7. The molecule has 3 amide bonds. The Balaban J connectivity index is 1.67. The Bertz CT molecular complexity index is 1460. The van der Waals surface area contributed by atoms with Gasteiger partial charge in [0.25, 0.3) is 5.91 Å². The van der Waals surface area contributed by atoms with Crippen LogP contribution in [0.1, 0.15) is 49.2 Å². The van der Waals surface area contributed by atoms with Crippen molar-refractivity contribution in [1.29, 1.82) is 5.26 Å². The summed E-state index contributed by atoms with van der Waals surface area (Å²) in [5.74, 6) is -0.900. The quantitative estimate of drug-likeness (QED) is 0.269. The van der Waals surface area contributed by atoms with Gasteiger partial charge in [0.05, 0.1) is 22.9 Å². The molecule has 3 rings (SSSR count). The third kappa shape index (κ3) is 9.89. The largest absolute Gasteiger partial charge is 0.444 e. The number of carbonyl (C=O) groups is 3. The van der Waals surface area contributed by atoms with E-state index in [-0.39, 0.29) is 24.5 Å². The average molecular weight is 575 g/mol. The van der Waals surface area contributed by atoms with Crippen LogP contribution in [-0.4, -0.2) is 54.2 Å². The van der Waals surface area contributed by atoms with Crippen LogP contribution < -0.4 is 21.3 Å². The minimum absolute atomic E-state index is 0.110. The van der Waals surface area contributed by atoms with Crippen molar-refractivity contribution in [3.63, 3.8) is 0 Å². The number of rotatable bonds is 11. The molecule has 3 aromatic rings. The maximum absolute atomic E-state index is 13.6. The van der Waals surface area contributed by atoms with E-state index in [0.717, 1.165) is 5.56 Å². The molecule has 0 aliphatic carbocycles. The Kier molecular flexibility index (Phi) is 11.0. The normalized spacial score (nSPS) is 11.5. The van der Waals surface area contributed by atoms with Gasteiger partial charge in [0.2, 0.25) is 5.91 Å². The van der Waals surface area contributed by atoms with Crippen molar-refractivity contribution in [2.75, 3.05) is 25.0 Å². The molecule has 0 unspecified atom stereocenters. The van der Waals surface area contributed by atoms with Crippen LogP contribution in [0.15, 0.2) is 60.7 Å². The summed E-state index contributed by atoms with van der Waals surface area (Å²) in [6.07, 6.45) is -0.218. The monoisotopic (exact) mass is 574 g/mol. The molecule has 1 heterocycles. The van der Waals surface area contributed by atoms with Crippen LogP contribution >= 0.6 is 0 Å². The highest BCUT2D eigenvalue weighted by Gasteiger charge is 2.19. The summed E-state index contributed by atoms with van der Waals surface area (Å²) in [4.78, 5) is 41.8. The van der Waals surface area contributed by atoms with Gasteiger partial charge in [-0.3, -0.25) is 9.59 Å². The molecule has 0 fully saturated rings. The predicted molar refractivity (Wildman–Crippen MR) is 157 cm³/mol. The van der Waals surface area contributed by atoms with Crippen LogP contribution in [0, 0.1) is 17.1 Å². The lowest BCUT2D eigenvalue weighted by atomic mass is 10.0. The Labute approximate surface area is 244 Å². The van der Waals surface area contributed by atoms with Gasteiger partial charge in [-0.2, -0.15) is 5.26 Å². The summed E-state index contributed by atoms with van der Waals surface area (Å²) in [5, 5.41) is 20.6. The van der Waals surface area contributed by atoms with E-state index in [1.54, 1.807) is 70.2 Å². The molecular weight excluding hydrogens is 539 g/mol. The fourth-order valence-corrected chi connectivity index (χ4v) is 3.93. The van der Waals surface area contributed by atoms with Gasteiger partial charge in [0.15, 0.2) is 0 Å². The number of halogens is 1. The maximum Gasteiger partial charge on any atom is 0.408 e. The van der Waals surface area contributed by atoms with Gasteiger partial charge in [-0.25, -0.2) is 14.2 Å². The number of carbonyl (C=O) groups excluding carboxylic acids is 3. The fraction of sp³-hybridized carbons (Fsp3) is 0.323. The molecule has 42 heavy (non-hydrogen) atoms. The van der Waals surface area contributed by atoms with Gasteiger partial charge >= 0.3 is 6.09 Å². The second kappa shape index (κ2) is 14.6. The number of pyridine rings is 1. The van der Waals surface area contributed by atoms with Crippen LogP contribution in [0.5, 0.6) is 0 Å². The van der Waals surface area contributed by atoms with Crippen LogP contribution in [0.25, 0.3) is 11.3 Å².